The molecule has 0 bridgehead atoms. The first-order valence-electron chi connectivity index (χ1n) is 6.82. The molecule has 0 aliphatic carbocycles. The minimum atomic E-state index is -0.166. The van der Waals surface area contributed by atoms with Crippen molar-refractivity contribution >= 4 is 28.1 Å². The largest absolute Gasteiger partial charge is 0.507 e. The molecule has 0 heterocycles. The number of phenolic OH excluding ortho intramolecular Hbond substituents is 1. The van der Waals surface area contributed by atoms with Crippen LogP contribution in [0.5, 0.6) is 5.75 Å². The summed E-state index contributed by atoms with van der Waals surface area (Å²) in [5, 5.41) is 13.3. The van der Waals surface area contributed by atoms with Gasteiger partial charge in [0.05, 0.1) is 17.1 Å². The van der Waals surface area contributed by atoms with Gasteiger partial charge in [0.25, 0.3) is 0 Å². The van der Waals surface area contributed by atoms with Crippen LogP contribution < -0.4 is 5.43 Å². The molecule has 0 saturated carbocycles. The number of carbonyl (C=O) groups excluding carboxylic acids is 1. The first-order valence-corrected chi connectivity index (χ1v) is 7.61. The van der Waals surface area contributed by atoms with E-state index in [9.17, 15) is 9.90 Å². The van der Waals surface area contributed by atoms with Crippen LogP contribution in [0, 0.1) is 13.8 Å². The summed E-state index contributed by atoms with van der Waals surface area (Å²) in [6.07, 6.45) is 1.83. The summed E-state index contributed by atoms with van der Waals surface area (Å²) in [5.41, 5.74) is 6.55. The molecule has 1 amide bonds. The molecule has 2 N–H and O–H groups in total. The van der Waals surface area contributed by atoms with Crippen molar-refractivity contribution in [3.05, 3.63) is 63.1 Å². The van der Waals surface area contributed by atoms with Crippen LogP contribution >= 0.6 is 15.9 Å². The van der Waals surface area contributed by atoms with Crippen molar-refractivity contribution in [2.45, 2.75) is 20.3 Å². The third-order valence-corrected chi connectivity index (χ3v) is 3.86. The SMILES string of the molecule is Cc1ccc(CC(=O)N/N=C\c2ccc(O)c(Br)c2)c(C)c1. The number of halogens is 1. The molecule has 0 unspecified atom stereocenters. The Labute approximate surface area is 138 Å². The zero-order valence-corrected chi connectivity index (χ0v) is 14.0. The highest BCUT2D eigenvalue weighted by molar-refractivity contribution is 9.10. The number of aromatic hydroxyl groups is 1. The van der Waals surface area contributed by atoms with E-state index in [1.807, 2.05) is 26.0 Å². The first-order chi connectivity index (χ1) is 10.5. The smallest absolute Gasteiger partial charge is 0.244 e. The quantitative estimate of drug-likeness (QED) is 0.647. The van der Waals surface area contributed by atoms with Crippen molar-refractivity contribution in [2.75, 3.05) is 0 Å². The second-order valence-electron chi connectivity index (χ2n) is 5.11. The fraction of sp³-hybridized carbons (Fsp3) is 0.176. The number of phenols is 1. The van der Waals surface area contributed by atoms with Gasteiger partial charge in [-0.15, -0.1) is 0 Å². The average molecular weight is 361 g/mol. The van der Waals surface area contributed by atoms with E-state index in [0.29, 0.717) is 10.9 Å². The Hall–Kier alpha value is -2.14. The van der Waals surface area contributed by atoms with Crippen LogP contribution in [0.25, 0.3) is 0 Å². The van der Waals surface area contributed by atoms with Crippen molar-refractivity contribution in [1.29, 1.82) is 0 Å². The summed E-state index contributed by atoms with van der Waals surface area (Å²) in [5.74, 6) is -0.00270. The summed E-state index contributed by atoms with van der Waals surface area (Å²) in [6.45, 7) is 4.02. The number of aryl methyl sites for hydroxylation is 2. The molecule has 2 aromatic rings. The molecule has 0 aliphatic rings. The molecular formula is C17H17BrN2O2. The minimum Gasteiger partial charge on any atom is -0.507 e. The topological polar surface area (TPSA) is 61.7 Å². The number of hydrogen-bond acceptors (Lipinski definition) is 3. The molecule has 2 aromatic carbocycles. The van der Waals surface area contributed by atoms with E-state index in [0.717, 1.165) is 16.7 Å². The van der Waals surface area contributed by atoms with Gasteiger partial charge in [0.1, 0.15) is 5.75 Å². The number of carbonyl (C=O) groups is 1. The van der Waals surface area contributed by atoms with Gasteiger partial charge in [0.15, 0.2) is 0 Å². The lowest BCUT2D eigenvalue weighted by Gasteiger charge is -2.05. The zero-order valence-electron chi connectivity index (χ0n) is 12.4. The third-order valence-electron chi connectivity index (χ3n) is 3.22. The normalized spacial score (nSPS) is 10.9. The average Bonchev–Trinajstić information content (AvgIpc) is 2.46. The molecule has 0 spiro atoms. The zero-order chi connectivity index (χ0) is 16.1. The molecule has 4 nitrogen and oxygen atoms in total. The maximum atomic E-state index is 11.9. The van der Waals surface area contributed by atoms with E-state index in [-0.39, 0.29) is 11.7 Å². The van der Waals surface area contributed by atoms with Gasteiger partial charge in [0, 0.05) is 0 Å². The summed E-state index contributed by atoms with van der Waals surface area (Å²) < 4.78 is 0.582. The van der Waals surface area contributed by atoms with Crippen LogP contribution in [0.3, 0.4) is 0 Å². The van der Waals surface area contributed by atoms with E-state index in [4.69, 9.17) is 0 Å². The molecule has 0 aromatic heterocycles. The van der Waals surface area contributed by atoms with E-state index in [2.05, 4.69) is 32.5 Å². The molecule has 22 heavy (non-hydrogen) atoms. The van der Waals surface area contributed by atoms with Gasteiger partial charge in [-0.3, -0.25) is 4.79 Å². The molecule has 2 rings (SSSR count). The lowest BCUT2D eigenvalue weighted by Crippen LogP contribution is -2.20. The van der Waals surface area contributed by atoms with E-state index in [1.165, 1.54) is 11.8 Å². The van der Waals surface area contributed by atoms with Crippen LogP contribution in [0.2, 0.25) is 0 Å². The number of nitrogens with one attached hydrogen (secondary N) is 1. The highest BCUT2D eigenvalue weighted by Crippen LogP contribution is 2.23. The molecule has 114 valence electrons. The van der Waals surface area contributed by atoms with Crippen molar-refractivity contribution in [1.82, 2.24) is 5.43 Å². The van der Waals surface area contributed by atoms with Gasteiger partial charge in [0.2, 0.25) is 5.91 Å². The van der Waals surface area contributed by atoms with Crippen LogP contribution in [-0.4, -0.2) is 17.2 Å². The Bertz CT molecular complexity index is 727. The van der Waals surface area contributed by atoms with Crippen molar-refractivity contribution < 1.29 is 9.90 Å². The minimum absolute atomic E-state index is 0.163. The number of hydrazone groups is 1. The number of hydrogen-bond donors (Lipinski definition) is 2. The Morgan fingerprint density at radius 3 is 2.73 bits per heavy atom. The standard InChI is InChI=1S/C17H17BrN2O2/c1-11-3-5-14(12(2)7-11)9-17(22)20-19-10-13-4-6-16(21)15(18)8-13/h3-8,10,21H,9H2,1-2H3,(H,20,22)/b19-10-. The number of nitrogens with zero attached hydrogens (tertiary/aromatic N) is 1. The van der Waals surface area contributed by atoms with Crippen LogP contribution in [0.4, 0.5) is 0 Å². The van der Waals surface area contributed by atoms with Crippen molar-refractivity contribution in [2.24, 2.45) is 5.10 Å². The van der Waals surface area contributed by atoms with E-state index >= 15 is 0 Å². The Morgan fingerprint density at radius 2 is 2.05 bits per heavy atom. The maximum Gasteiger partial charge on any atom is 0.244 e. The lowest BCUT2D eigenvalue weighted by molar-refractivity contribution is -0.120. The van der Waals surface area contributed by atoms with Crippen LogP contribution in [0.15, 0.2) is 46.0 Å². The highest BCUT2D eigenvalue weighted by Gasteiger charge is 2.05. The summed E-state index contributed by atoms with van der Waals surface area (Å²) in [6, 6.07) is 11.0. The summed E-state index contributed by atoms with van der Waals surface area (Å²) in [4.78, 5) is 11.9. The second-order valence-corrected chi connectivity index (χ2v) is 5.97. The molecule has 0 radical (unpaired) electrons. The molecule has 0 atom stereocenters. The van der Waals surface area contributed by atoms with Gasteiger partial charge in [-0.2, -0.15) is 5.10 Å². The number of rotatable bonds is 4. The van der Waals surface area contributed by atoms with Crippen LogP contribution in [-0.2, 0) is 11.2 Å². The van der Waals surface area contributed by atoms with Crippen LogP contribution in [0.1, 0.15) is 22.3 Å². The monoisotopic (exact) mass is 360 g/mol. The Balaban J connectivity index is 1.94. The maximum absolute atomic E-state index is 11.9. The van der Waals surface area contributed by atoms with Gasteiger partial charge >= 0.3 is 0 Å². The fourth-order valence-corrected chi connectivity index (χ4v) is 2.44. The third kappa shape index (κ3) is 4.43. The lowest BCUT2D eigenvalue weighted by atomic mass is 10.0. The van der Waals surface area contributed by atoms with E-state index in [1.54, 1.807) is 18.2 Å². The Morgan fingerprint density at radius 1 is 1.27 bits per heavy atom. The molecular weight excluding hydrogens is 344 g/mol. The van der Waals surface area contributed by atoms with Gasteiger partial charge in [-0.1, -0.05) is 23.8 Å². The predicted molar refractivity (Wildman–Crippen MR) is 91.2 cm³/mol. The first kappa shape index (κ1) is 16.2. The Kier molecular flexibility index (Phi) is 5.33. The molecule has 0 aliphatic heterocycles. The highest BCUT2D eigenvalue weighted by atomic mass is 79.9. The second kappa shape index (κ2) is 7.22. The fourth-order valence-electron chi connectivity index (χ4n) is 2.04. The molecule has 0 saturated heterocycles. The summed E-state index contributed by atoms with van der Waals surface area (Å²) >= 11 is 3.23. The molecule has 0 fully saturated rings. The number of benzene rings is 2. The van der Waals surface area contributed by atoms with E-state index < -0.39 is 0 Å². The van der Waals surface area contributed by atoms with Gasteiger partial charge < -0.3 is 5.11 Å². The van der Waals surface area contributed by atoms with Gasteiger partial charge in [-0.05, 0) is 64.7 Å². The van der Waals surface area contributed by atoms with Gasteiger partial charge in [-0.25, -0.2) is 5.43 Å². The number of amides is 1. The summed E-state index contributed by atoms with van der Waals surface area (Å²) in [7, 11) is 0. The van der Waals surface area contributed by atoms with Crippen molar-refractivity contribution in [3.63, 3.8) is 0 Å². The van der Waals surface area contributed by atoms with Crippen molar-refractivity contribution in [3.8, 4) is 5.75 Å². The molecule has 5 heteroatoms. The predicted octanol–water partition coefficient (Wildman–Crippen LogP) is 3.46.